The van der Waals surface area contributed by atoms with Crippen molar-refractivity contribution in [1.82, 2.24) is 10.2 Å². The normalized spacial score (nSPS) is 28.4. The van der Waals surface area contributed by atoms with Gasteiger partial charge in [0, 0.05) is 31.5 Å². The number of hydrogen-bond acceptors (Lipinski definition) is 4. The number of amidine groups is 1. The van der Waals surface area contributed by atoms with Crippen LogP contribution in [0.2, 0.25) is 0 Å². The lowest BCUT2D eigenvalue weighted by Gasteiger charge is -2.36. The Bertz CT molecular complexity index is 1040. The van der Waals surface area contributed by atoms with E-state index in [2.05, 4.69) is 36.5 Å². The summed E-state index contributed by atoms with van der Waals surface area (Å²) in [5.74, 6) is 2.34. The molecule has 0 aromatic heterocycles. The molecule has 4 aliphatic rings. The van der Waals surface area contributed by atoms with Crippen LogP contribution in [-0.2, 0) is 17.8 Å². The number of Topliss-reactive ketones (excluding diaryl/α,β-unsaturated/α-hetero) is 1. The largest absolute Gasteiger partial charge is 0.387 e. The zero-order valence-corrected chi connectivity index (χ0v) is 25.5. The van der Waals surface area contributed by atoms with Crippen LogP contribution in [0.1, 0.15) is 127 Å². The van der Waals surface area contributed by atoms with Gasteiger partial charge in [0.2, 0.25) is 0 Å². The third-order valence-electron chi connectivity index (χ3n) is 10.5. The van der Waals surface area contributed by atoms with E-state index in [1.807, 2.05) is 4.90 Å². The molecule has 0 bridgehead atoms. The summed E-state index contributed by atoms with van der Waals surface area (Å²) in [6.45, 7) is 3.56. The number of nitrogens with two attached hydrogens (primary N) is 1. The molecular weight excluding hydrogens is 508 g/mol. The molecule has 41 heavy (non-hydrogen) atoms. The second-order valence-corrected chi connectivity index (χ2v) is 13.8. The summed E-state index contributed by atoms with van der Waals surface area (Å²) >= 11 is 0. The van der Waals surface area contributed by atoms with Crippen molar-refractivity contribution >= 4 is 17.6 Å². The average Bonchev–Trinajstić information content (AvgIpc) is 3.28. The Morgan fingerprint density at radius 1 is 0.902 bits per heavy atom. The molecular formula is C35H54N4O2. The number of aliphatic imine (C=N–C) groups is 1. The third-order valence-corrected chi connectivity index (χ3v) is 10.5. The average molecular weight is 563 g/mol. The minimum Gasteiger partial charge on any atom is -0.387 e. The van der Waals surface area contributed by atoms with Crippen LogP contribution in [0.5, 0.6) is 0 Å². The molecule has 3 fully saturated rings. The first-order valence-electron chi connectivity index (χ1n) is 17.0. The highest BCUT2D eigenvalue weighted by Gasteiger charge is 2.45. The first-order chi connectivity index (χ1) is 19.9. The molecule has 2 aliphatic heterocycles. The Hall–Kier alpha value is -2.37. The van der Waals surface area contributed by atoms with Gasteiger partial charge in [0.25, 0.3) is 0 Å². The lowest BCUT2D eigenvalue weighted by atomic mass is 9.70. The number of nitrogens with zero attached hydrogens (tertiary/aromatic N) is 2. The summed E-state index contributed by atoms with van der Waals surface area (Å²) in [4.78, 5) is 34.0. The molecule has 5 rings (SSSR count). The van der Waals surface area contributed by atoms with Crippen molar-refractivity contribution in [3.8, 4) is 0 Å². The summed E-state index contributed by atoms with van der Waals surface area (Å²) in [5, 5.41) is 3.10. The molecule has 2 aliphatic carbocycles. The fourth-order valence-electron chi connectivity index (χ4n) is 8.22. The summed E-state index contributed by atoms with van der Waals surface area (Å²) in [6.07, 6.45) is 20.2. The van der Waals surface area contributed by atoms with Crippen molar-refractivity contribution < 1.29 is 9.59 Å². The van der Waals surface area contributed by atoms with E-state index in [0.717, 1.165) is 63.0 Å². The molecule has 6 nitrogen and oxygen atoms in total. The standard InChI is InChI=1S/C35H54N4O2/c1-2-9-31-25-39(34(41)37-31)24-29-16-14-27(15-17-29)22-30-18-19-32(36)38-35(33(30)40,23-28-12-7-4-8-13-28)21-20-26-10-5-3-6-11-26/h14-17,26,28,30-31H,2-13,18-25H2,1H3,(H2,36,38)(H,37,41)/t30?,31-,35+/m0/s1. The molecule has 3 atom stereocenters. The topological polar surface area (TPSA) is 87.8 Å². The van der Waals surface area contributed by atoms with Crippen LogP contribution in [0.15, 0.2) is 29.3 Å². The number of amides is 2. The van der Waals surface area contributed by atoms with Gasteiger partial charge in [-0.15, -0.1) is 0 Å². The van der Waals surface area contributed by atoms with Gasteiger partial charge in [0.05, 0.1) is 5.84 Å². The summed E-state index contributed by atoms with van der Waals surface area (Å²) in [7, 11) is 0. The number of carbonyl (C=O) groups is 2. The Morgan fingerprint density at radius 3 is 2.24 bits per heavy atom. The SMILES string of the molecule is CCC[C@H]1CN(Cc2ccc(CC3CCC(N)=N[C@](CCC4CCCCC4)(CC4CCCCC4)C3=O)cc2)C(=O)N1. The highest BCUT2D eigenvalue weighted by atomic mass is 16.2. The van der Waals surface area contributed by atoms with Gasteiger partial charge < -0.3 is 16.0 Å². The first-order valence-corrected chi connectivity index (χ1v) is 17.0. The monoisotopic (exact) mass is 562 g/mol. The van der Waals surface area contributed by atoms with Gasteiger partial charge in [-0.2, -0.15) is 0 Å². The van der Waals surface area contributed by atoms with E-state index in [0.29, 0.717) is 30.5 Å². The van der Waals surface area contributed by atoms with Crippen molar-refractivity contribution in [2.45, 2.75) is 141 Å². The van der Waals surface area contributed by atoms with Crippen molar-refractivity contribution in [3.63, 3.8) is 0 Å². The van der Waals surface area contributed by atoms with E-state index in [9.17, 15) is 9.59 Å². The predicted octanol–water partition coefficient (Wildman–Crippen LogP) is 7.33. The van der Waals surface area contributed by atoms with Gasteiger partial charge in [0.15, 0.2) is 5.78 Å². The van der Waals surface area contributed by atoms with Crippen LogP contribution in [0, 0.1) is 17.8 Å². The van der Waals surface area contributed by atoms with Crippen LogP contribution in [0.4, 0.5) is 4.79 Å². The van der Waals surface area contributed by atoms with Crippen LogP contribution in [-0.4, -0.2) is 40.7 Å². The number of urea groups is 1. The molecule has 0 spiro atoms. The maximum atomic E-state index is 14.6. The number of nitrogens with one attached hydrogen (secondary N) is 1. The van der Waals surface area contributed by atoms with Gasteiger partial charge in [-0.1, -0.05) is 102 Å². The maximum absolute atomic E-state index is 14.6. The zero-order chi connectivity index (χ0) is 28.7. The van der Waals surface area contributed by atoms with Crippen LogP contribution in [0.25, 0.3) is 0 Å². The lowest BCUT2D eigenvalue weighted by Crippen LogP contribution is -2.44. The molecule has 2 amide bonds. The Kier molecular flexibility index (Phi) is 10.4. The van der Waals surface area contributed by atoms with Crippen molar-refractivity contribution in [1.29, 1.82) is 0 Å². The van der Waals surface area contributed by atoms with Gasteiger partial charge in [0.1, 0.15) is 5.54 Å². The fraction of sp³-hybridized carbons (Fsp3) is 0.743. The summed E-state index contributed by atoms with van der Waals surface area (Å²) in [6, 6.07) is 8.91. The quantitative estimate of drug-likeness (QED) is 0.296. The minimum atomic E-state index is -0.636. The van der Waals surface area contributed by atoms with Gasteiger partial charge in [-0.25, -0.2) is 4.79 Å². The Balaban J connectivity index is 1.28. The van der Waals surface area contributed by atoms with Gasteiger partial charge in [-0.3, -0.25) is 9.79 Å². The van der Waals surface area contributed by atoms with Crippen molar-refractivity contribution in [2.75, 3.05) is 6.54 Å². The fourth-order valence-corrected chi connectivity index (χ4v) is 8.22. The van der Waals surface area contributed by atoms with E-state index in [1.54, 1.807) is 0 Å². The third kappa shape index (κ3) is 7.93. The van der Waals surface area contributed by atoms with Crippen LogP contribution >= 0.6 is 0 Å². The predicted molar refractivity (Wildman–Crippen MR) is 167 cm³/mol. The van der Waals surface area contributed by atoms with Crippen LogP contribution < -0.4 is 11.1 Å². The van der Waals surface area contributed by atoms with Crippen molar-refractivity contribution in [3.05, 3.63) is 35.4 Å². The van der Waals surface area contributed by atoms with E-state index >= 15 is 0 Å². The highest BCUT2D eigenvalue weighted by molar-refractivity contribution is 5.96. The highest BCUT2D eigenvalue weighted by Crippen LogP contribution is 2.41. The van der Waals surface area contributed by atoms with Gasteiger partial charge in [-0.05, 0) is 61.5 Å². The molecule has 1 aromatic rings. The smallest absolute Gasteiger partial charge is 0.318 e. The van der Waals surface area contributed by atoms with Gasteiger partial charge >= 0.3 is 6.03 Å². The molecule has 6 heteroatoms. The lowest BCUT2D eigenvalue weighted by molar-refractivity contribution is -0.129. The molecule has 2 heterocycles. The first kappa shape index (κ1) is 30.1. The summed E-state index contributed by atoms with van der Waals surface area (Å²) in [5.41, 5.74) is 8.24. The zero-order valence-electron chi connectivity index (χ0n) is 25.5. The number of carbonyl (C=O) groups excluding carboxylic acids is 2. The molecule has 3 N–H and O–H groups in total. The number of benzene rings is 1. The minimum absolute atomic E-state index is 0.0386. The van der Waals surface area contributed by atoms with E-state index in [-0.39, 0.29) is 18.0 Å². The molecule has 1 saturated heterocycles. The van der Waals surface area contributed by atoms with E-state index in [1.165, 1.54) is 69.8 Å². The van der Waals surface area contributed by atoms with E-state index < -0.39 is 5.54 Å². The van der Waals surface area contributed by atoms with Crippen LogP contribution in [0.3, 0.4) is 0 Å². The van der Waals surface area contributed by atoms with E-state index in [4.69, 9.17) is 10.7 Å². The molecule has 1 aromatic carbocycles. The Morgan fingerprint density at radius 2 is 1.56 bits per heavy atom. The second kappa shape index (κ2) is 14.2. The number of hydrogen-bond donors (Lipinski definition) is 2. The molecule has 0 radical (unpaired) electrons. The number of ketones is 1. The molecule has 1 unspecified atom stereocenters. The molecule has 2 saturated carbocycles. The maximum Gasteiger partial charge on any atom is 0.318 e. The second-order valence-electron chi connectivity index (χ2n) is 13.8. The Labute approximate surface area is 248 Å². The summed E-state index contributed by atoms with van der Waals surface area (Å²) < 4.78 is 0. The van der Waals surface area contributed by atoms with Crippen molar-refractivity contribution in [2.24, 2.45) is 28.5 Å². The number of rotatable bonds is 11. The molecule has 226 valence electrons.